The van der Waals surface area contributed by atoms with Gasteiger partial charge in [0.2, 0.25) is 0 Å². The van der Waals surface area contributed by atoms with E-state index in [4.69, 9.17) is 5.11 Å². The third kappa shape index (κ3) is 3.19. The molecule has 0 heterocycles. The van der Waals surface area contributed by atoms with Crippen LogP contribution in [0.4, 0.5) is 4.39 Å². The van der Waals surface area contributed by atoms with Gasteiger partial charge in [-0.15, -0.1) is 0 Å². The molecule has 0 bridgehead atoms. The van der Waals surface area contributed by atoms with E-state index in [1.54, 1.807) is 6.07 Å². The molecule has 74 valence electrons. The van der Waals surface area contributed by atoms with Crippen molar-refractivity contribution in [1.29, 1.82) is 0 Å². The summed E-state index contributed by atoms with van der Waals surface area (Å²) < 4.78 is 14.4. The van der Waals surface area contributed by atoms with Crippen molar-refractivity contribution >= 4 is 57.2 Å². The van der Waals surface area contributed by atoms with Crippen molar-refractivity contribution in [2.45, 2.75) is 0 Å². The van der Waals surface area contributed by atoms with Gasteiger partial charge < -0.3 is 5.11 Å². The Morgan fingerprint density at radius 3 is 2.57 bits per heavy atom. The molecule has 0 radical (unpaired) electrons. The van der Waals surface area contributed by atoms with E-state index in [2.05, 4.69) is 0 Å². The first-order chi connectivity index (χ1) is 6.50. The lowest BCUT2D eigenvalue weighted by Gasteiger charge is -2.00. The fraction of sp³-hybridized carbons (Fsp3) is 0. The van der Waals surface area contributed by atoms with Crippen molar-refractivity contribution in [3.8, 4) is 0 Å². The Bertz CT molecular complexity index is 402. The second kappa shape index (κ2) is 5.06. The van der Waals surface area contributed by atoms with Gasteiger partial charge in [-0.25, -0.2) is 9.18 Å². The minimum absolute atomic E-state index is 0.337. The maximum atomic E-state index is 13.1. The van der Waals surface area contributed by atoms with Gasteiger partial charge in [0.25, 0.3) is 0 Å². The quantitative estimate of drug-likeness (QED) is 0.456. The highest BCUT2D eigenvalue weighted by Gasteiger charge is 2.03. The van der Waals surface area contributed by atoms with Crippen LogP contribution in [-0.2, 0) is 4.79 Å². The predicted octanol–water partition coefficient (Wildman–Crippen LogP) is 3.13. The summed E-state index contributed by atoms with van der Waals surface area (Å²) in [6.07, 6.45) is 2.37. The zero-order valence-electron chi connectivity index (χ0n) is 6.80. The third-order valence-electron chi connectivity index (χ3n) is 1.45. The van der Waals surface area contributed by atoms with Gasteiger partial charge >= 0.3 is 5.97 Å². The largest absolute Gasteiger partial charge is 0.478 e. The molecule has 0 atom stereocenters. The average Bonchev–Trinajstić information content (AvgIpc) is 2.09. The molecule has 14 heavy (non-hydrogen) atoms. The number of hydrogen-bond donors (Lipinski definition) is 1. The maximum absolute atomic E-state index is 13.1. The van der Waals surface area contributed by atoms with Crippen LogP contribution in [0.3, 0.4) is 0 Å². The Labute approximate surface area is 107 Å². The van der Waals surface area contributed by atoms with E-state index in [1.165, 1.54) is 12.1 Å². The van der Waals surface area contributed by atoms with Crippen LogP contribution in [0.5, 0.6) is 0 Å². The topological polar surface area (TPSA) is 37.3 Å². The Kier molecular flexibility index (Phi) is 4.30. The summed E-state index contributed by atoms with van der Waals surface area (Å²) >= 11 is 3.92. The van der Waals surface area contributed by atoms with Crippen molar-refractivity contribution in [3.05, 3.63) is 36.7 Å². The molecule has 0 spiro atoms. The lowest BCUT2D eigenvalue weighted by molar-refractivity contribution is -0.131. The van der Waals surface area contributed by atoms with Gasteiger partial charge in [0, 0.05) is 13.2 Å². The van der Waals surface area contributed by atoms with Gasteiger partial charge in [0.15, 0.2) is 0 Å². The number of carboxylic acids is 1. The van der Waals surface area contributed by atoms with Gasteiger partial charge in [-0.05, 0) is 69.0 Å². The first-order valence-electron chi connectivity index (χ1n) is 3.56. The standard InChI is InChI=1S/C9H5FI2O2/c10-6-3-5(1-2-9(13)14)7(11)4-8(6)12/h1-4H,(H,13,14)/b2-1+. The van der Waals surface area contributed by atoms with Gasteiger partial charge in [0.05, 0.1) is 0 Å². The number of halogens is 3. The highest BCUT2D eigenvalue weighted by Crippen LogP contribution is 2.20. The van der Waals surface area contributed by atoms with Gasteiger partial charge in [-0.1, -0.05) is 0 Å². The van der Waals surface area contributed by atoms with E-state index >= 15 is 0 Å². The van der Waals surface area contributed by atoms with Crippen LogP contribution in [0.1, 0.15) is 5.56 Å². The number of benzene rings is 1. The second-order valence-electron chi connectivity index (χ2n) is 2.46. The second-order valence-corrected chi connectivity index (χ2v) is 4.78. The van der Waals surface area contributed by atoms with Crippen molar-refractivity contribution in [2.24, 2.45) is 0 Å². The summed E-state index contributed by atoms with van der Waals surface area (Å²) in [6.45, 7) is 0. The number of rotatable bonds is 2. The average molecular weight is 418 g/mol. The summed E-state index contributed by atoms with van der Waals surface area (Å²) in [6, 6.07) is 2.99. The number of hydrogen-bond acceptors (Lipinski definition) is 1. The third-order valence-corrected chi connectivity index (χ3v) is 3.21. The molecule has 0 aliphatic carbocycles. The van der Waals surface area contributed by atoms with Crippen LogP contribution in [-0.4, -0.2) is 11.1 Å². The first-order valence-corrected chi connectivity index (χ1v) is 5.72. The van der Waals surface area contributed by atoms with Crippen LogP contribution < -0.4 is 0 Å². The molecule has 0 amide bonds. The van der Waals surface area contributed by atoms with Crippen LogP contribution in [0.25, 0.3) is 6.08 Å². The molecule has 0 saturated carbocycles. The highest BCUT2D eigenvalue weighted by molar-refractivity contribution is 14.1. The summed E-state index contributed by atoms with van der Waals surface area (Å²) in [5, 5.41) is 8.41. The Morgan fingerprint density at radius 2 is 2.00 bits per heavy atom. The van der Waals surface area contributed by atoms with E-state index in [-0.39, 0.29) is 5.82 Å². The number of aliphatic carboxylic acids is 1. The number of carboxylic acid groups (broad SMARTS) is 1. The molecule has 0 aromatic heterocycles. The van der Waals surface area contributed by atoms with Gasteiger partial charge in [0.1, 0.15) is 5.82 Å². The van der Waals surface area contributed by atoms with Crippen LogP contribution >= 0.6 is 45.2 Å². The minimum atomic E-state index is -1.04. The normalized spacial score (nSPS) is 10.8. The lowest BCUT2D eigenvalue weighted by atomic mass is 10.2. The van der Waals surface area contributed by atoms with E-state index in [0.717, 1.165) is 9.65 Å². The number of carbonyl (C=O) groups is 1. The summed E-state index contributed by atoms with van der Waals surface area (Å²) in [5.41, 5.74) is 0.575. The van der Waals surface area contributed by atoms with E-state index in [0.29, 0.717) is 9.13 Å². The summed E-state index contributed by atoms with van der Waals surface area (Å²) in [4.78, 5) is 10.3. The van der Waals surface area contributed by atoms with E-state index < -0.39 is 5.97 Å². The zero-order valence-corrected chi connectivity index (χ0v) is 11.1. The van der Waals surface area contributed by atoms with Crippen molar-refractivity contribution in [1.82, 2.24) is 0 Å². The smallest absolute Gasteiger partial charge is 0.328 e. The lowest BCUT2D eigenvalue weighted by Crippen LogP contribution is -1.90. The molecule has 1 N–H and O–H groups in total. The van der Waals surface area contributed by atoms with E-state index in [9.17, 15) is 9.18 Å². The SMILES string of the molecule is O=C(O)/C=C/c1cc(F)c(I)cc1I. The van der Waals surface area contributed by atoms with Gasteiger partial charge in [-0.2, -0.15) is 0 Å². The molecule has 0 fully saturated rings. The molecule has 1 rings (SSSR count). The molecular weight excluding hydrogens is 413 g/mol. The molecule has 0 aliphatic rings. The van der Waals surface area contributed by atoms with Crippen LogP contribution in [0, 0.1) is 13.0 Å². The van der Waals surface area contributed by atoms with Crippen molar-refractivity contribution < 1.29 is 14.3 Å². The van der Waals surface area contributed by atoms with Crippen molar-refractivity contribution in [2.75, 3.05) is 0 Å². The Morgan fingerprint density at radius 1 is 1.36 bits per heavy atom. The Balaban J connectivity index is 3.10. The highest BCUT2D eigenvalue weighted by atomic mass is 127. The molecule has 2 nitrogen and oxygen atoms in total. The molecule has 0 saturated heterocycles. The maximum Gasteiger partial charge on any atom is 0.328 e. The molecular formula is C9H5FI2O2. The molecule has 1 aromatic carbocycles. The van der Waals surface area contributed by atoms with Crippen LogP contribution in [0.15, 0.2) is 18.2 Å². The first kappa shape index (κ1) is 11.9. The van der Waals surface area contributed by atoms with Crippen LogP contribution in [0.2, 0.25) is 0 Å². The minimum Gasteiger partial charge on any atom is -0.478 e. The monoisotopic (exact) mass is 418 g/mol. The molecule has 0 aliphatic heterocycles. The fourth-order valence-electron chi connectivity index (χ4n) is 0.827. The molecule has 0 unspecified atom stereocenters. The molecule has 1 aromatic rings. The zero-order chi connectivity index (χ0) is 10.7. The predicted molar refractivity (Wildman–Crippen MR) is 68.5 cm³/mol. The summed E-state index contributed by atoms with van der Waals surface area (Å²) in [5.74, 6) is -1.38. The van der Waals surface area contributed by atoms with E-state index in [1.807, 2.05) is 45.2 Å². The summed E-state index contributed by atoms with van der Waals surface area (Å²) in [7, 11) is 0. The molecule has 5 heteroatoms. The fourth-order valence-corrected chi connectivity index (χ4v) is 2.54. The Hall–Kier alpha value is -0.180. The van der Waals surface area contributed by atoms with Crippen molar-refractivity contribution in [3.63, 3.8) is 0 Å². The van der Waals surface area contributed by atoms with Gasteiger partial charge in [-0.3, -0.25) is 0 Å².